The average Bonchev–Trinajstić information content (AvgIpc) is 2.81. The first-order chi connectivity index (χ1) is 9.54. The van der Waals surface area contributed by atoms with E-state index in [1.54, 1.807) is 17.9 Å². The molecule has 0 radical (unpaired) electrons. The van der Waals surface area contributed by atoms with Crippen molar-refractivity contribution in [1.82, 2.24) is 15.4 Å². The van der Waals surface area contributed by atoms with Crippen LogP contribution in [0.4, 0.5) is 4.79 Å². The van der Waals surface area contributed by atoms with E-state index >= 15 is 0 Å². The molecular formula is C12H17N3O5. The van der Waals surface area contributed by atoms with Crippen molar-refractivity contribution in [3.05, 3.63) is 17.5 Å². The average molecular weight is 283 g/mol. The third-order valence-corrected chi connectivity index (χ3v) is 2.92. The minimum atomic E-state index is -0.936. The number of carbonyl (C=O) groups excluding carboxylic acids is 1. The minimum absolute atomic E-state index is 0.106. The van der Waals surface area contributed by atoms with Gasteiger partial charge in [-0.1, -0.05) is 5.16 Å². The summed E-state index contributed by atoms with van der Waals surface area (Å²) in [6.45, 7) is 3.10. The van der Waals surface area contributed by atoms with Gasteiger partial charge in [0.25, 0.3) is 0 Å². The van der Waals surface area contributed by atoms with Crippen LogP contribution in [0, 0.1) is 6.92 Å². The normalized spacial score (nSPS) is 18.9. The molecule has 1 atom stereocenters. The smallest absolute Gasteiger partial charge is 0.317 e. The predicted molar refractivity (Wildman–Crippen MR) is 67.0 cm³/mol. The monoisotopic (exact) mass is 283 g/mol. The van der Waals surface area contributed by atoms with Crippen LogP contribution in [0.25, 0.3) is 0 Å². The van der Waals surface area contributed by atoms with E-state index in [-0.39, 0.29) is 25.5 Å². The summed E-state index contributed by atoms with van der Waals surface area (Å²) < 4.78 is 10.3. The third-order valence-electron chi connectivity index (χ3n) is 2.92. The number of hydrogen-bond donors (Lipinski definition) is 2. The molecule has 8 nitrogen and oxygen atoms in total. The summed E-state index contributed by atoms with van der Waals surface area (Å²) in [6.07, 6.45) is -0.565. The molecule has 2 N–H and O–H groups in total. The Hall–Kier alpha value is -2.09. The van der Waals surface area contributed by atoms with Crippen molar-refractivity contribution in [3.8, 4) is 0 Å². The molecule has 2 amide bonds. The fourth-order valence-electron chi connectivity index (χ4n) is 2.00. The highest BCUT2D eigenvalue weighted by Crippen LogP contribution is 2.09. The van der Waals surface area contributed by atoms with E-state index in [4.69, 9.17) is 14.4 Å². The summed E-state index contributed by atoms with van der Waals surface area (Å²) >= 11 is 0. The number of aliphatic carboxylic acids is 1. The number of aryl methyl sites for hydroxylation is 1. The van der Waals surface area contributed by atoms with Crippen LogP contribution in [0.5, 0.6) is 0 Å². The maximum absolute atomic E-state index is 12.0. The van der Waals surface area contributed by atoms with E-state index in [1.807, 2.05) is 0 Å². The summed E-state index contributed by atoms with van der Waals surface area (Å²) in [5.74, 6) is -0.361. The van der Waals surface area contributed by atoms with E-state index in [0.717, 1.165) is 5.69 Å². The fraction of sp³-hybridized carbons (Fsp3) is 0.583. The Labute approximate surface area is 115 Å². The minimum Gasteiger partial charge on any atom is -0.481 e. The standard InChI is InChI=1S/C12H17N3O5/c1-8-4-9(20-14-8)6-13-12(18)15-2-3-19-10(7-15)5-11(16)17/h4,10H,2-3,5-7H2,1H3,(H,13,18)(H,16,17). The molecule has 1 aliphatic heterocycles. The third kappa shape index (κ3) is 3.95. The number of amides is 2. The second kappa shape index (κ2) is 6.38. The molecule has 1 saturated heterocycles. The number of aromatic nitrogens is 1. The first-order valence-electron chi connectivity index (χ1n) is 6.33. The lowest BCUT2D eigenvalue weighted by molar-refractivity contribution is -0.141. The van der Waals surface area contributed by atoms with Gasteiger partial charge in [0.2, 0.25) is 0 Å². The highest BCUT2D eigenvalue weighted by atomic mass is 16.5. The van der Waals surface area contributed by atoms with Crippen molar-refractivity contribution >= 4 is 12.0 Å². The van der Waals surface area contributed by atoms with E-state index in [2.05, 4.69) is 10.5 Å². The Morgan fingerprint density at radius 3 is 3.05 bits per heavy atom. The van der Waals surface area contributed by atoms with Crippen LogP contribution in [-0.4, -0.2) is 53.0 Å². The van der Waals surface area contributed by atoms with Crippen LogP contribution in [-0.2, 0) is 16.1 Å². The van der Waals surface area contributed by atoms with Gasteiger partial charge in [-0.2, -0.15) is 0 Å². The number of ether oxygens (including phenoxy) is 1. The Balaban J connectivity index is 1.81. The molecule has 0 bridgehead atoms. The topological polar surface area (TPSA) is 105 Å². The van der Waals surface area contributed by atoms with Gasteiger partial charge in [0.05, 0.1) is 31.4 Å². The first kappa shape index (κ1) is 14.3. The summed E-state index contributed by atoms with van der Waals surface area (Å²) in [6, 6.07) is 1.48. The molecule has 0 aromatic carbocycles. The fourth-order valence-corrected chi connectivity index (χ4v) is 2.00. The SMILES string of the molecule is Cc1cc(CNC(=O)N2CCOC(CC(=O)O)C2)on1. The Morgan fingerprint density at radius 1 is 1.60 bits per heavy atom. The maximum Gasteiger partial charge on any atom is 0.317 e. The van der Waals surface area contributed by atoms with E-state index < -0.39 is 12.1 Å². The van der Waals surface area contributed by atoms with Crippen LogP contribution in [0.15, 0.2) is 10.6 Å². The molecule has 0 spiro atoms. The molecule has 20 heavy (non-hydrogen) atoms. The Kier molecular flexibility index (Phi) is 4.57. The molecule has 8 heteroatoms. The van der Waals surface area contributed by atoms with Crippen LogP contribution < -0.4 is 5.32 Å². The van der Waals surface area contributed by atoms with Crippen molar-refractivity contribution in [2.45, 2.75) is 26.0 Å². The van der Waals surface area contributed by atoms with Crippen molar-refractivity contribution in [3.63, 3.8) is 0 Å². The van der Waals surface area contributed by atoms with Gasteiger partial charge in [-0.25, -0.2) is 4.79 Å². The molecule has 2 heterocycles. The van der Waals surface area contributed by atoms with Crippen molar-refractivity contribution in [1.29, 1.82) is 0 Å². The highest BCUT2D eigenvalue weighted by Gasteiger charge is 2.25. The number of urea groups is 1. The second-order valence-corrected chi connectivity index (χ2v) is 4.63. The van der Waals surface area contributed by atoms with Gasteiger partial charge in [0.1, 0.15) is 0 Å². The van der Waals surface area contributed by atoms with Crippen LogP contribution >= 0.6 is 0 Å². The first-order valence-corrected chi connectivity index (χ1v) is 6.33. The zero-order chi connectivity index (χ0) is 14.5. The Morgan fingerprint density at radius 2 is 2.40 bits per heavy atom. The number of hydrogen-bond acceptors (Lipinski definition) is 5. The van der Waals surface area contributed by atoms with Crippen molar-refractivity contribution in [2.24, 2.45) is 0 Å². The molecular weight excluding hydrogens is 266 g/mol. The largest absolute Gasteiger partial charge is 0.481 e. The van der Waals surface area contributed by atoms with Gasteiger partial charge < -0.3 is 24.6 Å². The van der Waals surface area contributed by atoms with E-state index in [9.17, 15) is 9.59 Å². The molecule has 1 fully saturated rings. The number of rotatable bonds is 4. The number of carboxylic acid groups (broad SMARTS) is 1. The maximum atomic E-state index is 12.0. The van der Waals surface area contributed by atoms with Gasteiger partial charge >= 0.3 is 12.0 Å². The van der Waals surface area contributed by atoms with Crippen molar-refractivity contribution in [2.75, 3.05) is 19.7 Å². The lowest BCUT2D eigenvalue weighted by Crippen LogP contribution is -2.49. The quantitative estimate of drug-likeness (QED) is 0.827. The molecule has 1 aliphatic rings. The summed E-state index contributed by atoms with van der Waals surface area (Å²) in [4.78, 5) is 24.1. The molecule has 1 aromatic rings. The summed E-state index contributed by atoms with van der Waals surface area (Å²) in [5.41, 5.74) is 0.752. The van der Waals surface area contributed by atoms with Gasteiger partial charge in [-0.05, 0) is 6.92 Å². The summed E-state index contributed by atoms with van der Waals surface area (Å²) in [5, 5.41) is 15.2. The molecule has 1 unspecified atom stereocenters. The zero-order valence-corrected chi connectivity index (χ0v) is 11.2. The second-order valence-electron chi connectivity index (χ2n) is 4.63. The summed E-state index contributed by atoms with van der Waals surface area (Å²) in [7, 11) is 0. The number of nitrogens with zero attached hydrogens (tertiary/aromatic N) is 2. The lowest BCUT2D eigenvalue weighted by atomic mass is 10.2. The van der Waals surface area contributed by atoms with Crippen LogP contribution in [0.3, 0.4) is 0 Å². The molecule has 2 rings (SSSR count). The number of carbonyl (C=O) groups is 2. The Bertz CT molecular complexity index is 487. The lowest BCUT2D eigenvalue weighted by Gasteiger charge is -2.32. The molecule has 1 aromatic heterocycles. The van der Waals surface area contributed by atoms with E-state index in [0.29, 0.717) is 18.9 Å². The van der Waals surface area contributed by atoms with Crippen LogP contribution in [0.1, 0.15) is 17.9 Å². The number of nitrogens with one attached hydrogen (secondary N) is 1. The molecule has 0 saturated carbocycles. The predicted octanol–water partition coefficient (Wildman–Crippen LogP) is 0.368. The van der Waals surface area contributed by atoms with Gasteiger partial charge in [0, 0.05) is 19.2 Å². The van der Waals surface area contributed by atoms with Gasteiger partial charge in [0.15, 0.2) is 5.76 Å². The van der Waals surface area contributed by atoms with Gasteiger partial charge in [-0.15, -0.1) is 0 Å². The zero-order valence-electron chi connectivity index (χ0n) is 11.2. The van der Waals surface area contributed by atoms with E-state index in [1.165, 1.54) is 0 Å². The molecule has 0 aliphatic carbocycles. The molecule has 110 valence electrons. The highest BCUT2D eigenvalue weighted by molar-refractivity contribution is 5.74. The van der Waals surface area contributed by atoms with Crippen molar-refractivity contribution < 1.29 is 24.0 Å². The number of carboxylic acids is 1. The number of morpholine rings is 1. The van der Waals surface area contributed by atoms with Gasteiger partial charge in [-0.3, -0.25) is 4.79 Å². The van der Waals surface area contributed by atoms with Crippen LogP contribution in [0.2, 0.25) is 0 Å².